The number of nitrogens with zero attached hydrogens (tertiary/aromatic N) is 4. The van der Waals surface area contributed by atoms with E-state index in [1.54, 1.807) is 79.0 Å². The fraction of sp³-hybridized carbons (Fsp3) is 0.306. The van der Waals surface area contributed by atoms with Crippen molar-refractivity contribution in [3.05, 3.63) is 152 Å². The lowest BCUT2D eigenvalue weighted by atomic mass is 10.1. The molecule has 0 saturated carbocycles. The van der Waals surface area contributed by atoms with Gasteiger partial charge in [0.05, 0.1) is 70.1 Å². The molecule has 0 fully saturated rings. The van der Waals surface area contributed by atoms with E-state index in [1.807, 2.05) is 26.0 Å². The van der Waals surface area contributed by atoms with Crippen LogP contribution < -0.4 is 21.3 Å². The minimum Gasteiger partial charge on any atom is -0.459 e. The van der Waals surface area contributed by atoms with Crippen LogP contribution in [0.25, 0.3) is 0 Å². The van der Waals surface area contributed by atoms with E-state index in [2.05, 4.69) is 50.0 Å². The average molecular weight is 897 g/mol. The molecule has 0 bridgehead atoms. The number of aromatic nitrogens is 4. The zero-order valence-electron chi connectivity index (χ0n) is 36.5. The first-order chi connectivity index (χ1) is 32.2. The third-order valence-corrected chi connectivity index (χ3v) is 9.29. The number of ether oxygens (including phenoxy) is 8. The molecular weight excluding hydrogens is 849 g/mol. The van der Waals surface area contributed by atoms with Gasteiger partial charge in [-0.3, -0.25) is 14.3 Å². The lowest BCUT2D eigenvalue weighted by molar-refractivity contribution is -0.0223. The summed E-state index contributed by atoms with van der Waals surface area (Å²) in [6.07, 6.45) is 4.87. The number of nitrogens with one attached hydrogen (secondary N) is 2. The molecule has 3 heterocycles. The molecular formula is C49H48N6O11. The Hall–Kier alpha value is -7.40. The highest BCUT2D eigenvalue weighted by atomic mass is 16.6. The molecule has 340 valence electrons. The van der Waals surface area contributed by atoms with Crippen LogP contribution in [0.3, 0.4) is 0 Å². The highest BCUT2D eigenvalue weighted by Crippen LogP contribution is 2.29. The molecule has 17 nitrogen and oxygen atoms in total. The molecule has 0 unspecified atom stereocenters. The fourth-order valence-electron chi connectivity index (χ4n) is 6.12. The van der Waals surface area contributed by atoms with E-state index < -0.39 is 29.6 Å². The number of hydrogen-bond acceptors (Lipinski definition) is 15. The molecule has 0 spiro atoms. The van der Waals surface area contributed by atoms with Gasteiger partial charge in [0.2, 0.25) is 11.8 Å². The molecule has 0 radical (unpaired) electrons. The van der Waals surface area contributed by atoms with Crippen LogP contribution in [0.4, 0.5) is 11.6 Å². The maximum absolute atomic E-state index is 12.5. The first kappa shape index (κ1) is 48.1. The minimum absolute atomic E-state index is 0.0410. The van der Waals surface area contributed by atoms with Gasteiger partial charge in [0.1, 0.15) is 37.2 Å². The zero-order valence-corrected chi connectivity index (χ0v) is 36.5. The Morgan fingerprint density at radius 1 is 0.803 bits per heavy atom. The monoisotopic (exact) mass is 896 g/mol. The predicted molar refractivity (Wildman–Crippen MR) is 241 cm³/mol. The van der Waals surface area contributed by atoms with E-state index in [0.29, 0.717) is 75.0 Å². The molecule has 2 N–H and O–H groups in total. The van der Waals surface area contributed by atoms with Crippen LogP contribution >= 0.6 is 0 Å². The van der Waals surface area contributed by atoms with Crippen LogP contribution in [-0.2, 0) is 33.2 Å². The van der Waals surface area contributed by atoms with Gasteiger partial charge in [-0.25, -0.2) is 14.6 Å². The summed E-state index contributed by atoms with van der Waals surface area (Å²) in [6.45, 7) is 7.13. The van der Waals surface area contributed by atoms with Crippen LogP contribution in [0.2, 0.25) is 0 Å². The molecule has 17 heteroatoms. The first-order valence-corrected chi connectivity index (χ1v) is 20.9. The standard InChI is InChI=1S/C49H48N6O11/c1-35-30-38(31-36(2)45(35)66-43-18-19-51-48(53-43)52-41-14-12-37(32-50)13-15-41)8-6-20-59-22-24-61-26-28-63-29-27-62-25-23-60-21-7-11-40-33-55(49(58)54-46(40)56)44-17-16-42(65-44)34-64-47(57)39-9-4-3-5-10-39/h3-5,9-10,12-19,30-31,33,42,44H,20-29,34H2,1-2H3,(H,51,52,53)(H,54,56,58)/t42-,44+/m0/s1. The summed E-state index contributed by atoms with van der Waals surface area (Å²) >= 11 is 0. The first-order valence-electron chi connectivity index (χ1n) is 20.9. The van der Waals surface area contributed by atoms with Crippen LogP contribution in [0.1, 0.15) is 44.4 Å². The van der Waals surface area contributed by atoms with Crippen molar-refractivity contribution in [1.29, 1.82) is 5.26 Å². The molecule has 66 heavy (non-hydrogen) atoms. The molecule has 1 aliphatic rings. The van der Waals surface area contributed by atoms with Gasteiger partial charge < -0.3 is 43.2 Å². The number of benzene rings is 3. The summed E-state index contributed by atoms with van der Waals surface area (Å²) in [5, 5.41) is 12.1. The Balaban J connectivity index is 0.766. The molecule has 5 aromatic rings. The van der Waals surface area contributed by atoms with Crippen molar-refractivity contribution >= 4 is 17.6 Å². The van der Waals surface area contributed by atoms with E-state index in [0.717, 1.165) is 22.4 Å². The summed E-state index contributed by atoms with van der Waals surface area (Å²) in [5.74, 6) is 12.6. The molecule has 0 amide bonds. The number of anilines is 2. The molecule has 1 aliphatic heterocycles. The van der Waals surface area contributed by atoms with Gasteiger partial charge in [0, 0.05) is 29.7 Å². The highest BCUT2D eigenvalue weighted by Gasteiger charge is 2.24. The van der Waals surface area contributed by atoms with E-state index in [4.69, 9.17) is 43.2 Å². The third kappa shape index (κ3) is 15.4. The summed E-state index contributed by atoms with van der Waals surface area (Å²) < 4.78 is 46.1. The molecule has 2 aromatic heterocycles. The van der Waals surface area contributed by atoms with Gasteiger partial charge in [-0.15, -0.1) is 0 Å². The van der Waals surface area contributed by atoms with E-state index in [1.165, 1.54) is 10.8 Å². The van der Waals surface area contributed by atoms with E-state index in [9.17, 15) is 14.4 Å². The van der Waals surface area contributed by atoms with Crippen molar-refractivity contribution in [2.45, 2.75) is 26.2 Å². The second-order valence-corrected chi connectivity index (χ2v) is 14.2. The minimum atomic E-state index is -0.812. The molecule has 2 atom stereocenters. The molecule has 3 aromatic carbocycles. The van der Waals surface area contributed by atoms with Crippen molar-refractivity contribution in [3.63, 3.8) is 0 Å². The number of aryl methyl sites for hydroxylation is 2. The number of H-pyrrole nitrogens is 1. The lowest BCUT2D eigenvalue weighted by Gasteiger charge is -2.16. The summed E-state index contributed by atoms with van der Waals surface area (Å²) in [5.41, 5.74) is 3.15. The maximum atomic E-state index is 12.5. The molecule has 0 aliphatic carbocycles. The van der Waals surface area contributed by atoms with Gasteiger partial charge >= 0.3 is 11.7 Å². The van der Waals surface area contributed by atoms with Gasteiger partial charge in [-0.2, -0.15) is 10.2 Å². The van der Waals surface area contributed by atoms with Crippen LogP contribution in [0.5, 0.6) is 11.6 Å². The smallest absolute Gasteiger partial charge is 0.338 e. The van der Waals surface area contributed by atoms with Gasteiger partial charge in [0.25, 0.3) is 5.56 Å². The quantitative estimate of drug-likeness (QED) is 0.0399. The van der Waals surface area contributed by atoms with E-state index >= 15 is 0 Å². The van der Waals surface area contributed by atoms with Crippen molar-refractivity contribution in [1.82, 2.24) is 19.5 Å². The Morgan fingerprint density at radius 3 is 2.09 bits per heavy atom. The fourth-order valence-corrected chi connectivity index (χ4v) is 6.12. The third-order valence-electron chi connectivity index (χ3n) is 9.29. The molecule has 0 saturated heterocycles. The summed E-state index contributed by atoms with van der Waals surface area (Å²) in [4.78, 5) is 48.0. The Morgan fingerprint density at radius 2 is 1.44 bits per heavy atom. The highest BCUT2D eigenvalue weighted by molar-refractivity contribution is 5.89. The van der Waals surface area contributed by atoms with Crippen molar-refractivity contribution < 1.29 is 42.7 Å². The van der Waals surface area contributed by atoms with Gasteiger partial charge in [0.15, 0.2) is 6.23 Å². The number of aromatic amines is 1. The number of carbonyl (C=O) groups excluding carboxylic acids is 1. The number of rotatable bonds is 22. The molecule has 6 rings (SSSR count). The normalized spacial score (nSPS) is 13.8. The number of esters is 1. The van der Waals surface area contributed by atoms with Crippen molar-refractivity contribution in [2.75, 3.05) is 78.0 Å². The Labute approximate surface area is 381 Å². The number of nitriles is 1. The van der Waals surface area contributed by atoms with E-state index in [-0.39, 0.29) is 32.0 Å². The van der Waals surface area contributed by atoms with Crippen molar-refractivity contribution in [2.24, 2.45) is 0 Å². The Kier molecular flexibility index (Phi) is 18.8. The SMILES string of the molecule is Cc1cc(C#CCOCCOCCOCCOCCOCC#Cc2cn([C@H]3C=C[C@@H](COC(=O)c4ccccc4)O3)c(=O)[nH]c2=O)cc(C)c1Oc1ccnc(Nc2ccc(C#N)cc2)n1. The van der Waals surface area contributed by atoms with Gasteiger partial charge in [-0.1, -0.05) is 48.0 Å². The van der Waals surface area contributed by atoms with Crippen LogP contribution in [0.15, 0.2) is 107 Å². The maximum Gasteiger partial charge on any atom is 0.338 e. The second kappa shape index (κ2) is 25.8. The summed E-state index contributed by atoms with van der Waals surface area (Å²) in [7, 11) is 0. The Bertz CT molecular complexity index is 2690. The topological polar surface area (TPSA) is 207 Å². The van der Waals surface area contributed by atoms with Crippen molar-refractivity contribution in [3.8, 4) is 41.4 Å². The number of carbonyl (C=O) groups is 1. The lowest BCUT2D eigenvalue weighted by Crippen LogP contribution is -2.34. The average Bonchev–Trinajstić information content (AvgIpc) is 3.80. The number of hydrogen-bond donors (Lipinski definition) is 2. The second-order valence-electron chi connectivity index (χ2n) is 14.2. The van der Waals surface area contributed by atoms with Crippen LogP contribution in [0, 0.1) is 48.9 Å². The van der Waals surface area contributed by atoms with Gasteiger partial charge in [-0.05, 0) is 79.6 Å². The largest absolute Gasteiger partial charge is 0.459 e. The predicted octanol–water partition coefficient (Wildman–Crippen LogP) is 5.15. The van der Waals surface area contributed by atoms with Crippen LogP contribution in [-0.4, -0.2) is 104 Å². The zero-order chi connectivity index (χ0) is 46.4. The summed E-state index contributed by atoms with van der Waals surface area (Å²) in [6, 6.07) is 23.2.